The molecule has 0 heterocycles. The summed E-state index contributed by atoms with van der Waals surface area (Å²) < 4.78 is 38.5. The molecule has 0 saturated carbocycles. The number of unbranched alkanes of at least 4 members (excludes halogenated alkanes) is 1. The Morgan fingerprint density at radius 3 is 2.62 bits per heavy atom. The molecule has 0 unspecified atom stereocenters. The summed E-state index contributed by atoms with van der Waals surface area (Å²) in [6, 6.07) is 5.24. The molecule has 1 aromatic rings. The molecule has 0 bridgehead atoms. The molecule has 114 valence electrons. The van der Waals surface area contributed by atoms with Crippen LogP contribution in [0.4, 0.5) is 13.2 Å². The maximum absolute atomic E-state index is 12.8. The molecule has 0 spiro atoms. The minimum atomic E-state index is -4.37. The highest BCUT2D eigenvalue weighted by molar-refractivity contribution is 6.26. The van der Waals surface area contributed by atoms with Gasteiger partial charge in [0.15, 0.2) is 0 Å². The first-order valence-corrected chi connectivity index (χ1v) is 7.08. The molecule has 1 aliphatic carbocycles. The van der Waals surface area contributed by atoms with E-state index in [9.17, 15) is 13.2 Å². The van der Waals surface area contributed by atoms with E-state index in [-0.39, 0.29) is 0 Å². The fraction of sp³-hybridized carbons (Fsp3) is 0.438. The number of halogens is 3. The van der Waals surface area contributed by atoms with E-state index >= 15 is 0 Å². The molecule has 0 saturated heterocycles. The quantitative estimate of drug-likeness (QED) is 0.595. The Balaban J connectivity index is 2.45. The van der Waals surface area contributed by atoms with Gasteiger partial charge in [-0.2, -0.15) is 13.2 Å². The Bertz CT molecular complexity index is 573. The van der Waals surface area contributed by atoms with Crippen molar-refractivity contribution in [2.24, 2.45) is 5.16 Å². The molecule has 0 radical (unpaired) electrons. The lowest BCUT2D eigenvalue weighted by atomic mass is 9.96. The van der Waals surface area contributed by atoms with E-state index in [1.165, 1.54) is 6.07 Å². The first-order chi connectivity index (χ1) is 9.97. The molecule has 0 atom stereocenters. The van der Waals surface area contributed by atoms with Crippen molar-refractivity contribution in [2.75, 3.05) is 0 Å². The fourth-order valence-corrected chi connectivity index (χ4v) is 2.69. The van der Waals surface area contributed by atoms with Crippen molar-refractivity contribution < 1.29 is 18.4 Å². The van der Waals surface area contributed by atoms with Crippen molar-refractivity contribution in [1.29, 1.82) is 0 Å². The van der Waals surface area contributed by atoms with E-state index in [2.05, 4.69) is 12.1 Å². The van der Waals surface area contributed by atoms with Gasteiger partial charge in [0.1, 0.15) is 0 Å². The van der Waals surface area contributed by atoms with Gasteiger partial charge in [-0.15, -0.1) is 0 Å². The predicted molar refractivity (Wildman–Crippen MR) is 76.3 cm³/mol. The zero-order valence-corrected chi connectivity index (χ0v) is 11.9. The molecule has 0 aliphatic heterocycles. The summed E-state index contributed by atoms with van der Waals surface area (Å²) in [5, 5.41) is 12.4. The predicted octanol–water partition coefficient (Wildman–Crippen LogP) is 5.27. The third-order valence-electron chi connectivity index (χ3n) is 3.74. The van der Waals surface area contributed by atoms with Gasteiger partial charge in [0.25, 0.3) is 0 Å². The summed E-state index contributed by atoms with van der Waals surface area (Å²) in [6.07, 6.45) is -0.191. The van der Waals surface area contributed by atoms with Crippen LogP contribution >= 0.6 is 0 Å². The highest BCUT2D eigenvalue weighted by Gasteiger charge is 2.31. The number of hydrogen-bond acceptors (Lipinski definition) is 2. The van der Waals surface area contributed by atoms with E-state index in [0.717, 1.165) is 43.4 Å². The van der Waals surface area contributed by atoms with Crippen LogP contribution in [-0.4, -0.2) is 10.9 Å². The number of nitrogens with zero attached hydrogens (tertiary/aromatic N) is 1. The Morgan fingerprint density at radius 2 is 2.00 bits per heavy atom. The average molecular weight is 297 g/mol. The number of benzene rings is 1. The highest BCUT2D eigenvalue weighted by Crippen LogP contribution is 2.37. The number of rotatable bonds is 4. The number of oxime groups is 1. The zero-order valence-electron chi connectivity index (χ0n) is 11.9. The zero-order chi connectivity index (χ0) is 15.5. The molecule has 21 heavy (non-hydrogen) atoms. The monoisotopic (exact) mass is 297 g/mol. The second-order valence-electron chi connectivity index (χ2n) is 5.21. The van der Waals surface area contributed by atoms with E-state index in [1.807, 2.05) is 0 Å². The normalized spacial score (nSPS) is 17.8. The third-order valence-corrected chi connectivity index (χ3v) is 3.74. The van der Waals surface area contributed by atoms with Gasteiger partial charge in [0, 0.05) is 5.57 Å². The number of allylic oxidation sites excluding steroid dienone is 2. The Kier molecular flexibility index (Phi) is 4.70. The van der Waals surface area contributed by atoms with E-state index in [4.69, 9.17) is 5.21 Å². The molecule has 1 N–H and O–H groups in total. The SMILES string of the molecule is CCCCC1=C(c2cccc(C(F)(F)F)c2)/C(=N/O)CC1. The third kappa shape index (κ3) is 3.46. The summed E-state index contributed by atoms with van der Waals surface area (Å²) in [6.45, 7) is 2.07. The Hall–Kier alpha value is -1.78. The molecule has 5 heteroatoms. The Labute approximate surface area is 122 Å². The van der Waals surface area contributed by atoms with E-state index < -0.39 is 11.7 Å². The topological polar surface area (TPSA) is 32.6 Å². The maximum atomic E-state index is 12.8. The van der Waals surface area contributed by atoms with Crippen LogP contribution < -0.4 is 0 Å². The second-order valence-corrected chi connectivity index (χ2v) is 5.21. The van der Waals surface area contributed by atoms with E-state index in [1.54, 1.807) is 6.07 Å². The molecule has 2 nitrogen and oxygen atoms in total. The minimum absolute atomic E-state index is 0.487. The van der Waals surface area contributed by atoms with Gasteiger partial charge in [0.2, 0.25) is 0 Å². The van der Waals surface area contributed by atoms with Crippen molar-refractivity contribution in [3.05, 3.63) is 41.0 Å². The second kappa shape index (κ2) is 6.33. The first kappa shape index (κ1) is 15.6. The standard InChI is InChI=1S/C16H18F3NO/c1-2-3-5-11-8-9-14(20-21)15(11)12-6-4-7-13(10-12)16(17,18)19/h4,6-7,10,21H,2-3,5,8-9H2,1H3/b20-14+. The lowest BCUT2D eigenvalue weighted by molar-refractivity contribution is -0.137. The van der Waals surface area contributed by atoms with Crippen LogP contribution in [0.15, 0.2) is 35.0 Å². The van der Waals surface area contributed by atoms with Crippen molar-refractivity contribution in [2.45, 2.75) is 45.2 Å². The molecule has 0 amide bonds. The van der Waals surface area contributed by atoms with Crippen LogP contribution in [0, 0.1) is 0 Å². The summed E-state index contributed by atoms with van der Waals surface area (Å²) in [5.74, 6) is 0. The molecule has 0 fully saturated rings. The molecular formula is C16H18F3NO. The smallest absolute Gasteiger partial charge is 0.411 e. The summed E-state index contributed by atoms with van der Waals surface area (Å²) >= 11 is 0. The molecular weight excluding hydrogens is 279 g/mol. The Morgan fingerprint density at radius 1 is 1.24 bits per heavy atom. The average Bonchev–Trinajstić information content (AvgIpc) is 2.87. The lowest BCUT2D eigenvalue weighted by Gasteiger charge is -2.11. The van der Waals surface area contributed by atoms with Crippen LogP contribution in [0.5, 0.6) is 0 Å². The van der Waals surface area contributed by atoms with E-state index in [0.29, 0.717) is 23.3 Å². The summed E-state index contributed by atoms with van der Waals surface area (Å²) in [7, 11) is 0. The molecule has 1 aliphatic rings. The highest BCUT2D eigenvalue weighted by atomic mass is 19.4. The van der Waals surface area contributed by atoms with Crippen molar-refractivity contribution in [3.63, 3.8) is 0 Å². The first-order valence-electron chi connectivity index (χ1n) is 7.08. The van der Waals surface area contributed by atoms with Gasteiger partial charge < -0.3 is 5.21 Å². The van der Waals surface area contributed by atoms with Crippen molar-refractivity contribution >= 4 is 11.3 Å². The maximum Gasteiger partial charge on any atom is 0.416 e. The van der Waals surface area contributed by atoms with Crippen LogP contribution in [0.1, 0.15) is 50.2 Å². The fourth-order valence-electron chi connectivity index (χ4n) is 2.69. The molecule has 1 aromatic carbocycles. The van der Waals surface area contributed by atoms with Gasteiger partial charge in [-0.05, 0) is 43.4 Å². The lowest BCUT2D eigenvalue weighted by Crippen LogP contribution is -2.06. The number of hydrogen-bond donors (Lipinski definition) is 1. The van der Waals surface area contributed by atoms with Crippen LogP contribution in [-0.2, 0) is 6.18 Å². The van der Waals surface area contributed by atoms with Gasteiger partial charge in [-0.1, -0.05) is 36.2 Å². The van der Waals surface area contributed by atoms with Gasteiger partial charge in [0.05, 0.1) is 11.3 Å². The van der Waals surface area contributed by atoms with Crippen LogP contribution in [0.2, 0.25) is 0 Å². The largest absolute Gasteiger partial charge is 0.416 e. The molecule has 0 aromatic heterocycles. The van der Waals surface area contributed by atoms with Crippen molar-refractivity contribution in [1.82, 2.24) is 0 Å². The van der Waals surface area contributed by atoms with Gasteiger partial charge >= 0.3 is 6.18 Å². The minimum Gasteiger partial charge on any atom is -0.411 e. The van der Waals surface area contributed by atoms with Gasteiger partial charge in [-0.25, -0.2) is 0 Å². The van der Waals surface area contributed by atoms with Crippen LogP contribution in [0.3, 0.4) is 0 Å². The van der Waals surface area contributed by atoms with Crippen molar-refractivity contribution in [3.8, 4) is 0 Å². The molecule has 2 rings (SSSR count). The summed E-state index contributed by atoms with van der Waals surface area (Å²) in [4.78, 5) is 0. The number of alkyl halides is 3. The summed E-state index contributed by atoms with van der Waals surface area (Å²) in [5.41, 5.74) is 2.08. The van der Waals surface area contributed by atoms with Crippen LogP contribution in [0.25, 0.3) is 5.57 Å². The van der Waals surface area contributed by atoms with Gasteiger partial charge in [-0.3, -0.25) is 0 Å².